The lowest BCUT2D eigenvalue weighted by molar-refractivity contribution is 0.262. The zero-order chi connectivity index (χ0) is 16.9. The number of carbonyl (C=O) groups excluding carboxylic acids is 1. The molecule has 0 atom stereocenters. The first-order chi connectivity index (χ1) is 11.6. The van der Waals surface area contributed by atoms with Crippen molar-refractivity contribution in [3.8, 4) is 11.5 Å². The lowest BCUT2D eigenvalue weighted by atomic mass is 10.3. The van der Waals surface area contributed by atoms with Crippen LogP contribution in [0.4, 0.5) is 15.6 Å². The van der Waals surface area contributed by atoms with E-state index >= 15 is 0 Å². The molecule has 0 radical (unpaired) electrons. The van der Waals surface area contributed by atoms with Crippen molar-refractivity contribution >= 4 is 51.4 Å². The van der Waals surface area contributed by atoms with Gasteiger partial charge in [0, 0.05) is 16.6 Å². The van der Waals surface area contributed by atoms with Crippen molar-refractivity contribution in [2.75, 3.05) is 10.6 Å². The Morgan fingerprint density at radius 3 is 2.67 bits per heavy atom. The van der Waals surface area contributed by atoms with Crippen LogP contribution in [0.5, 0.6) is 11.5 Å². The average Bonchev–Trinajstić information content (AvgIpc) is 3.04. The monoisotopic (exact) mass is 379 g/mol. The van der Waals surface area contributed by atoms with Crippen LogP contribution in [0.15, 0.2) is 54.0 Å². The Kier molecular flexibility index (Phi) is 5.20. The van der Waals surface area contributed by atoms with Gasteiger partial charge >= 0.3 is 6.03 Å². The standard InChI is InChI=1S/C16H11Cl2N3O2S/c17-10-5-6-13(11(18)9-10)23-14-4-2-1-3-12(14)20-15(22)21-16-19-7-8-24-16/h1-9H,(H2,19,20,21,22). The topological polar surface area (TPSA) is 63.2 Å². The Hall–Kier alpha value is -2.28. The quantitative estimate of drug-likeness (QED) is 0.594. The fourth-order valence-corrected chi connectivity index (χ4v) is 2.84. The van der Waals surface area contributed by atoms with Gasteiger partial charge in [0.05, 0.1) is 10.7 Å². The number of amides is 2. The van der Waals surface area contributed by atoms with Gasteiger partial charge in [-0.15, -0.1) is 11.3 Å². The van der Waals surface area contributed by atoms with Gasteiger partial charge in [0.15, 0.2) is 10.9 Å². The normalized spacial score (nSPS) is 10.2. The van der Waals surface area contributed by atoms with Crippen LogP contribution in [0.3, 0.4) is 0 Å². The molecule has 2 amide bonds. The smallest absolute Gasteiger partial charge is 0.325 e. The number of thiazole rings is 1. The molecule has 0 bridgehead atoms. The molecule has 1 heterocycles. The molecule has 0 aliphatic rings. The van der Waals surface area contributed by atoms with Crippen molar-refractivity contribution in [3.05, 3.63) is 64.1 Å². The second-order valence-electron chi connectivity index (χ2n) is 4.59. The second-order valence-corrected chi connectivity index (χ2v) is 6.33. The van der Waals surface area contributed by atoms with Gasteiger partial charge in [-0.25, -0.2) is 9.78 Å². The number of urea groups is 1. The summed E-state index contributed by atoms with van der Waals surface area (Å²) in [4.78, 5) is 16.0. The molecule has 0 saturated heterocycles. The molecule has 0 saturated carbocycles. The predicted octanol–water partition coefficient (Wildman–Crippen LogP) is 5.89. The maximum atomic E-state index is 12.0. The third kappa shape index (κ3) is 4.17. The number of carbonyl (C=O) groups is 1. The van der Waals surface area contributed by atoms with Crippen molar-refractivity contribution in [2.45, 2.75) is 0 Å². The predicted molar refractivity (Wildman–Crippen MR) is 97.7 cm³/mol. The molecule has 24 heavy (non-hydrogen) atoms. The Labute approximate surface area is 152 Å². The minimum absolute atomic E-state index is 0.379. The van der Waals surface area contributed by atoms with Crippen LogP contribution >= 0.6 is 34.5 Å². The minimum Gasteiger partial charge on any atom is -0.454 e. The number of halogens is 2. The van der Waals surface area contributed by atoms with Gasteiger partial charge in [-0.2, -0.15) is 0 Å². The molecular formula is C16H11Cl2N3O2S. The number of benzene rings is 2. The van der Waals surface area contributed by atoms with Gasteiger partial charge in [-0.05, 0) is 30.3 Å². The van der Waals surface area contributed by atoms with E-state index in [-0.39, 0.29) is 0 Å². The van der Waals surface area contributed by atoms with Crippen LogP contribution in [0.25, 0.3) is 0 Å². The van der Waals surface area contributed by atoms with Crippen LogP contribution in [0, 0.1) is 0 Å². The van der Waals surface area contributed by atoms with Crippen LogP contribution in [-0.2, 0) is 0 Å². The molecule has 2 N–H and O–H groups in total. The van der Waals surface area contributed by atoms with Crippen LogP contribution in [0.2, 0.25) is 10.0 Å². The van der Waals surface area contributed by atoms with E-state index in [9.17, 15) is 4.79 Å². The van der Waals surface area contributed by atoms with Crippen molar-refractivity contribution in [1.82, 2.24) is 4.98 Å². The number of nitrogens with zero attached hydrogens (tertiary/aromatic N) is 1. The van der Waals surface area contributed by atoms with E-state index < -0.39 is 6.03 Å². The molecule has 1 aromatic heterocycles. The maximum absolute atomic E-state index is 12.0. The van der Waals surface area contributed by atoms with Gasteiger partial charge in [-0.3, -0.25) is 5.32 Å². The number of para-hydroxylation sites is 2. The molecule has 0 unspecified atom stereocenters. The molecule has 2 aromatic carbocycles. The third-order valence-electron chi connectivity index (χ3n) is 2.90. The molecule has 8 heteroatoms. The van der Waals surface area contributed by atoms with Crippen LogP contribution < -0.4 is 15.4 Å². The van der Waals surface area contributed by atoms with Gasteiger partial charge in [0.2, 0.25) is 0 Å². The summed E-state index contributed by atoms with van der Waals surface area (Å²) in [6, 6.07) is 11.5. The first-order valence-electron chi connectivity index (χ1n) is 6.81. The zero-order valence-corrected chi connectivity index (χ0v) is 14.5. The zero-order valence-electron chi connectivity index (χ0n) is 12.1. The highest BCUT2D eigenvalue weighted by atomic mass is 35.5. The summed E-state index contributed by atoms with van der Waals surface area (Å²) in [6.45, 7) is 0. The number of nitrogens with one attached hydrogen (secondary N) is 2. The summed E-state index contributed by atoms with van der Waals surface area (Å²) in [5.41, 5.74) is 0.498. The lowest BCUT2D eigenvalue weighted by Crippen LogP contribution is -2.19. The lowest BCUT2D eigenvalue weighted by Gasteiger charge is -2.13. The van der Waals surface area contributed by atoms with Crippen LogP contribution in [-0.4, -0.2) is 11.0 Å². The number of hydrogen-bond donors (Lipinski definition) is 2. The highest BCUT2D eigenvalue weighted by molar-refractivity contribution is 7.13. The van der Waals surface area contributed by atoms with Gasteiger partial charge in [0.1, 0.15) is 5.75 Å². The van der Waals surface area contributed by atoms with Crippen LogP contribution in [0.1, 0.15) is 0 Å². The van der Waals surface area contributed by atoms with E-state index in [0.717, 1.165) is 0 Å². The molecular weight excluding hydrogens is 369 g/mol. The second kappa shape index (κ2) is 7.53. The Morgan fingerprint density at radius 1 is 1.08 bits per heavy atom. The Bertz CT molecular complexity index is 856. The molecule has 3 aromatic rings. The Morgan fingerprint density at radius 2 is 1.92 bits per heavy atom. The van der Waals surface area contributed by atoms with Crippen molar-refractivity contribution in [3.63, 3.8) is 0 Å². The average molecular weight is 380 g/mol. The minimum atomic E-state index is -0.414. The number of hydrogen-bond acceptors (Lipinski definition) is 4. The first-order valence-corrected chi connectivity index (χ1v) is 8.45. The number of aromatic nitrogens is 1. The molecule has 3 rings (SSSR count). The summed E-state index contributed by atoms with van der Waals surface area (Å²) in [7, 11) is 0. The summed E-state index contributed by atoms with van der Waals surface area (Å²) >= 11 is 13.3. The summed E-state index contributed by atoms with van der Waals surface area (Å²) in [6.07, 6.45) is 1.61. The van der Waals surface area contributed by atoms with Crippen molar-refractivity contribution in [2.24, 2.45) is 0 Å². The summed E-state index contributed by atoms with van der Waals surface area (Å²) in [5.74, 6) is 0.895. The maximum Gasteiger partial charge on any atom is 0.325 e. The third-order valence-corrected chi connectivity index (χ3v) is 4.12. The van der Waals surface area contributed by atoms with Gasteiger partial charge in [-0.1, -0.05) is 35.3 Å². The van der Waals surface area contributed by atoms with Crippen molar-refractivity contribution in [1.29, 1.82) is 0 Å². The van der Waals surface area contributed by atoms with E-state index in [4.69, 9.17) is 27.9 Å². The van der Waals surface area contributed by atoms with E-state index in [1.165, 1.54) is 11.3 Å². The molecule has 122 valence electrons. The van der Waals surface area contributed by atoms with E-state index in [1.807, 2.05) is 0 Å². The highest BCUT2D eigenvalue weighted by Gasteiger charge is 2.11. The molecule has 0 spiro atoms. The fraction of sp³-hybridized carbons (Fsp3) is 0. The van der Waals surface area contributed by atoms with Gasteiger partial charge < -0.3 is 10.1 Å². The van der Waals surface area contributed by atoms with Crippen molar-refractivity contribution < 1.29 is 9.53 Å². The summed E-state index contributed by atoms with van der Waals surface area (Å²) in [5, 5.41) is 8.53. The highest BCUT2D eigenvalue weighted by Crippen LogP contribution is 2.35. The molecule has 0 aliphatic heterocycles. The number of rotatable bonds is 4. The number of ether oxygens (including phenoxy) is 1. The van der Waals surface area contributed by atoms with E-state index in [2.05, 4.69) is 15.6 Å². The van der Waals surface area contributed by atoms with E-state index in [1.54, 1.807) is 54.0 Å². The number of anilines is 2. The largest absolute Gasteiger partial charge is 0.454 e. The molecule has 5 nitrogen and oxygen atoms in total. The first kappa shape index (κ1) is 16.6. The summed E-state index contributed by atoms with van der Waals surface area (Å²) < 4.78 is 5.79. The Balaban J connectivity index is 1.76. The molecule has 0 aliphatic carbocycles. The SMILES string of the molecule is O=C(Nc1nccs1)Nc1ccccc1Oc1ccc(Cl)cc1Cl. The molecule has 0 fully saturated rings. The fourth-order valence-electron chi connectivity index (χ4n) is 1.87. The van der Waals surface area contributed by atoms with E-state index in [0.29, 0.717) is 32.4 Å². The van der Waals surface area contributed by atoms with Gasteiger partial charge in [0.25, 0.3) is 0 Å².